The zero-order valence-electron chi connectivity index (χ0n) is 40.5. The number of piperidine rings is 3. The Balaban J connectivity index is 0.672. The number of carbonyl (C=O) groups excluding carboxylic acids is 5. The molecule has 72 heavy (non-hydrogen) atoms. The van der Waals surface area contributed by atoms with Crippen molar-refractivity contribution < 1.29 is 24.0 Å². The molecule has 3 aromatic carbocycles. The Morgan fingerprint density at radius 1 is 0.875 bits per heavy atom. The first-order valence-corrected chi connectivity index (χ1v) is 25.9. The summed E-state index contributed by atoms with van der Waals surface area (Å²) < 4.78 is 0. The number of fused-ring (bicyclic) bond motifs is 1. The van der Waals surface area contributed by atoms with Gasteiger partial charge in [-0.3, -0.25) is 34.2 Å². The van der Waals surface area contributed by atoms with Crippen LogP contribution in [0, 0.1) is 6.92 Å². The number of benzene rings is 3. The van der Waals surface area contributed by atoms with Crippen molar-refractivity contribution in [2.24, 2.45) is 5.73 Å². The summed E-state index contributed by atoms with van der Waals surface area (Å²) in [5.74, 6) is -0.687. The highest BCUT2D eigenvalue weighted by atomic mass is 35.5. The lowest BCUT2D eigenvalue weighted by atomic mass is 9.91. The van der Waals surface area contributed by atoms with Crippen LogP contribution >= 0.6 is 23.4 Å². The Morgan fingerprint density at radius 2 is 1.68 bits per heavy atom. The molecule has 0 bridgehead atoms. The molecule has 5 aliphatic rings. The fourth-order valence-electron chi connectivity index (χ4n) is 10.4. The molecular weight excluding hydrogens is 950 g/mol. The van der Waals surface area contributed by atoms with Gasteiger partial charge >= 0.3 is 0 Å². The van der Waals surface area contributed by atoms with Gasteiger partial charge in [-0.2, -0.15) is 0 Å². The van der Waals surface area contributed by atoms with E-state index in [1.54, 1.807) is 24.4 Å². The third-order valence-electron chi connectivity index (χ3n) is 14.6. The van der Waals surface area contributed by atoms with Crippen LogP contribution in [0.3, 0.4) is 0 Å². The summed E-state index contributed by atoms with van der Waals surface area (Å²) in [6.07, 6.45) is 11.0. The summed E-state index contributed by atoms with van der Waals surface area (Å²) in [4.78, 5) is 87.3. The van der Waals surface area contributed by atoms with Gasteiger partial charge in [0.15, 0.2) is 0 Å². The van der Waals surface area contributed by atoms with Crippen molar-refractivity contribution in [2.45, 2.75) is 99.4 Å². The number of imide groups is 1. The first-order chi connectivity index (χ1) is 34.7. The number of nitrogens with two attached hydrogens (primary N) is 1. The van der Waals surface area contributed by atoms with Crippen LogP contribution in [-0.2, 0) is 22.7 Å². The van der Waals surface area contributed by atoms with Crippen LogP contribution in [0.2, 0.25) is 5.15 Å². The number of aryl methyl sites for hydroxylation is 1. The number of anilines is 3. The molecule has 5 aliphatic heterocycles. The monoisotopic (exact) mass is 1010 g/mol. The van der Waals surface area contributed by atoms with Gasteiger partial charge < -0.3 is 31.1 Å². The lowest BCUT2D eigenvalue weighted by Gasteiger charge is -2.41. The second-order valence-electron chi connectivity index (χ2n) is 19.7. The van der Waals surface area contributed by atoms with Gasteiger partial charge in [0.2, 0.25) is 11.8 Å². The third-order valence-corrected chi connectivity index (χ3v) is 15.8. The number of hydrogen-bond donors (Lipinski definition) is 4. The van der Waals surface area contributed by atoms with E-state index in [9.17, 15) is 24.0 Å². The van der Waals surface area contributed by atoms with Gasteiger partial charge in [-0.25, -0.2) is 15.0 Å². The van der Waals surface area contributed by atoms with E-state index in [2.05, 4.69) is 71.6 Å². The second-order valence-corrected chi connectivity index (χ2v) is 21.2. The average Bonchev–Trinajstić information content (AvgIpc) is 3.70. The highest BCUT2D eigenvalue weighted by Crippen LogP contribution is 2.34. The quantitative estimate of drug-likeness (QED) is 0.0737. The van der Waals surface area contributed by atoms with Crippen molar-refractivity contribution in [3.63, 3.8) is 0 Å². The summed E-state index contributed by atoms with van der Waals surface area (Å²) in [6.45, 7) is 9.91. The first-order valence-electron chi connectivity index (χ1n) is 24.7. The maximum absolute atomic E-state index is 13.5. The molecular formula is C54H58ClN11O5S. The molecule has 3 saturated heterocycles. The van der Waals surface area contributed by atoms with Gasteiger partial charge in [0.05, 0.1) is 12.4 Å². The van der Waals surface area contributed by atoms with E-state index >= 15 is 0 Å². The van der Waals surface area contributed by atoms with E-state index in [4.69, 9.17) is 17.3 Å². The molecule has 0 saturated carbocycles. The lowest BCUT2D eigenvalue weighted by molar-refractivity contribution is -0.136. The molecule has 0 radical (unpaired) electrons. The van der Waals surface area contributed by atoms with Gasteiger partial charge in [0, 0.05) is 103 Å². The van der Waals surface area contributed by atoms with E-state index in [0.717, 1.165) is 121 Å². The number of aromatic nitrogens is 3. The van der Waals surface area contributed by atoms with Crippen LogP contribution in [0.1, 0.15) is 105 Å². The van der Waals surface area contributed by atoms with Crippen molar-refractivity contribution >= 4 is 75.7 Å². The molecule has 0 spiro atoms. The summed E-state index contributed by atoms with van der Waals surface area (Å²) in [6, 6.07) is 22.4. The van der Waals surface area contributed by atoms with E-state index in [1.165, 1.54) is 16.7 Å². The van der Waals surface area contributed by atoms with Crippen LogP contribution in [0.4, 0.5) is 17.2 Å². The maximum Gasteiger partial charge on any atom is 0.270 e. The van der Waals surface area contributed by atoms with E-state index in [0.29, 0.717) is 29.3 Å². The number of hydrogen-bond acceptors (Lipinski definition) is 13. The normalized spacial score (nSPS) is 19.4. The zero-order chi connectivity index (χ0) is 50.1. The highest BCUT2D eigenvalue weighted by Gasteiger charge is 2.39. The number of nitrogens with zero attached hydrogens (tertiary/aromatic N) is 7. The Hall–Kier alpha value is -6.66. The standard InChI is InChI=1S/C54H58ClN11O5S/c1-33-26-36(50(68)60-38-4-3-5-40(28-38)72-48-31-57-46(30-58-48)65-24-18-54(2,56)19-25-65)7-11-44(33)64-22-16-39(17-23-64)63-20-14-35(15-21-63)41-9-10-43(61-49(41)55)51(69)59-29-34-6-8-42-37(27-34)32-66(53(42)71)45-12-13-47(67)62-52(45)70/h3-11,14,26-28,30-31,39,45H,12-13,15-25,29,32,56H2,1-2H3,(H,59,69)(H,60,68)(H,62,67,70). The van der Waals surface area contributed by atoms with Gasteiger partial charge in [-0.15, -0.1) is 0 Å². The fourth-order valence-corrected chi connectivity index (χ4v) is 11.5. The van der Waals surface area contributed by atoms with E-state index in [-0.39, 0.29) is 59.5 Å². The number of rotatable bonds is 12. The molecule has 7 heterocycles. The second kappa shape index (κ2) is 20.8. The minimum absolute atomic E-state index is 0.124. The summed E-state index contributed by atoms with van der Waals surface area (Å²) in [5, 5.41) is 9.38. The van der Waals surface area contributed by atoms with Gasteiger partial charge in [-0.1, -0.05) is 47.6 Å². The molecule has 3 fully saturated rings. The molecule has 5 aromatic rings. The lowest BCUT2D eigenvalue weighted by Crippen LogP contribution is -2.52. The Morgan fingerprint density at radius 3 is 2.40 bits per heavy atom. The summed E-state index contributed by atoms with van der Waals surface area (Å²) >= 11 is 8.23. The Kier molecular flexibility index (Phi) is 14.2. The molecule has 0 aliphatic carbocycles. The number of pyridine rings is 1. The van der Waals surface area contributed by atoms with Gasteiger partial charge in [0.1, 0.15) is 27.7 Å². The van der Waals surface area contributed by atoms with Crippen LogP contribution in [0.15, 0.2) is 101 Å². The van der Waals surface area contributed by atoms with Gasteiger partial charge in [0.25, 0.3) is 17.7 Å². The molecule has 2 aromatic heterocycles. The number of nitrogens with one attached hydrogen (secondary N) is 3. The molecule has 18 heteroatoms. The summed E-state index contributed by atoms with van der Waals surface area (Å²) in [5.41, 5.74) is 13.9. The predicted molar refractivity (Wildman–Crippen MR) is 278 cm³/mol. The predicted octanol–water partition coefficient (Wildman–Crippen LogP) is 7.00. The Bertz CT molecular complexity index is 2970. The molecule has 1 unspecified atom stereocenters. The summed E-state index contributed by atoms with van der Waals surface area (Å²) in [7, 11) is 0. The minimum Gasteiger partial charge on any atom is -0.371 e. The van der Waals surface area contributed by atoms with Crippen LogP contribution in [-0.4, -0.2) is 111 Å². The third kappa shape index (κ3) is 10.9. The van der Waals surface area contributed by atoms with Crippen molar-refractivity contribution in [3.05, 3.63) is 135 Å². The van der Waals surface area contributed by atoms with E-state index < -0.39 is 11.9 Å². The zero-order valence-corrected chi connectivity index (χ0v) is 42.0. The average molecular weight is 1010 g/mol. The van der Waals surface area contributed by atoms with Crippen LogP contribution in [0.25, 0.3) is 5.57 Å². The minimum atomic E-state index is -0.687. The molecule has 5 N–H and O–H groups in total. The fraction of sp³-hybridized carbons (Fsp3) is 0.370. The molecule has 16 nitrogen and oxygen atoms in total. The van der Waals surface area contributed by atoms with Crippen molar-refractivity contribution in [2.75, 3.05) is 54.4 Å². The van der Waals surface area contributed by atoms with Crippen molar-refractivity contribution in [3.8, 4) is 0 Å². The number of amides is 5. The SMILES string of the molecule is Cc1cc(C(=O)Nc2cccc(Sc3cnc(N4CCC(C)(N)CC4)cn3)c2)ccc1N1CCC(N2CC=C(c3ccc(C(=O)NCc4ccc5c(c4)CN(C4CCC(=O)NC4=O)C5=O)nc3Cl)CC2)CC1. The highest BCUT2D eigenvalue weighted by molar-refractivity contribution is 7.99. The van der Waals surface area contributed by atoms with Gasteiger partial charge in [-0.05, 0) is 129 Å². The van der Waals surface area contributed by atoms with Crippen molar-refractivity contribution in [1.29, 1.82) is 0 Å². The Labute approximate surface area is 428 Å². The smallest absolute Gasteiger partial charge is 0.270 e. The van der Waals surface area contributed by atoms with Crippen LogP contribution < -0.4 is 31.5 Å². The number of halogens is 1. The first kappa shape index (κ1) is 48.9. The topological polar surface area (TPSA) is 199 Å². The van der Waals surface area contributed by atoms with Crippen LogP contribution in [0.5, 0.6) is 0 Å². The molecule has 1 atom stereocenters. The van der Waals surface area contributed by atoms with E-state index in [1.807, 2.05) is 54.7 Å². The van der Waals surface area contributed by atoms with Crippen molar-refractivity contribution in [1.82, 2.24) is 35.4 Å². The molecule has 10 rings (SSSR count). The maximum atomic E-state index is 13.5. The molecule has 5 amide bonds. The number of carbonyl (C=O) groups is 5. The largest absolute Gasteiger partial charge is 0.371 e. The molecule has 372 valence electrons.